The minimum atomic E-state index is 0.625. The normalized spacial score (nSPS) is 11.1. The highest BCUT2D eigenvalue weighted by atomic mass is 35.5. The van der Waals surface area contributed by atoms with E-state index in [1.807, 2.05) is 24.3 Å². The van der Waals surface area contributed by atoms with E-state index in [2.05, 4.69) is 29.5 Å². The van der Waals surface area contributed by atoms with Gasteiger partial charge >= 0.3 is 0 Å². The van der Waals surface area contributed by atoms with Crippen molar-refractivity contribution >= 4 is 11.6 Å². The minimum Gasteiger partial charge on any atom is -0.311 e. The summed E-state index contributed by atoms with van der Waals surface area (Å²) in [5.74, 6) is 0.625. The zero-order chi connectivity index (χ0) is 13.0. The highest BCUT2D eigenvalue weighted by Gasteiger charge is 2.06. The Bertz CT molecular complexity index is 507. The van der Waals surface area contributed by atoms with E-state index in [4.69, 9.17) is 11.6 Å². The van der Waals surface area contributed by atoms with E-state index in [0.717, 1.165) is 24.5 Å². The van der Waals surface area contributed by atoms with Crippen molar-refractivity contribution in [1.29, 1.82) is 0 Å². The van der Waals surface area contributed by atoms with Gasteiger partial charge in [-0.1, -0.05) is 36.7 Å². The third-order valence-electron chi connectivity index (χ3n) is 2.53. The van der Waals surface area contributed by atoms with Gasteiger partial charge in [0.2, 0.25) is 0 Å². The molecule has 1 aromatic carbocycles. The van der Waals surface area contributed by atoms with Gasteiger partial charge in [0, 0.05) is 11.6 Å². The number of halogens is 1. The SMILES string of the molecule is CC(C)CNCc1cnnn1-c1cccc(Cl)c1. The fourth-order valence-electron chi connectivity index (χ4n) is 1.69. The number of hydrogen-bond donors (Lipinski definition) is 1. The van der Waals surface area contributed by atoms with Crippen LogP contribution in [0.1, 0.15) is 19.5 Å². The number of benzene rings is 1. The van der Waals surface area contributed by atoms with Crippen molar-refractivity contribution in [2.24, 2.45) is 5.92 Å². The first-order chi connectivity index (χ1) is 8.66. The lowest BCUT2D eigenvalue weighted by molar-refractivity contribution is 0.542. The summed E-state index contributed by atoms with van der Waals surface area (Å²) in [4.78, 5) is 0. The predicted octanol–water partition coefficient (Wildman–Crippen LogP) is 2.67. The summed E-state index contributed by atoms with van der Waals surface area (Å²) in [5, 5.41) is 12.1. The van der Waals surface area contributed by atoms with Crippen molar-refractivity contribution in [3.63, 3.8) is 0 Å². The highest BCUT2D eigenvalue weighted by Crippen LogP contribution is 2.15. The van der Waals surface area contributed by atoms with Gasteiger partial charge in [-0.15, -0.1) is 5.10 Å². The van der Waals surface area contributed by atoms with Crippen LogP contribution >= 0.6 is 11.6 Å². The van der Waals surface area contributed by atoms with Gasteiger partial charge in [0.15, 0.2) is 0 Å². The lowest BCUT2D eigenvalue weighted by Gasteiger charge is -2.09. The molecule has 1 aromatic heterocycles. The predicted molar refractivity (Wildman–Crippen MR) is 72.9 cm³/mol. The Labute approximate surface area is 112 Å². The largest absolute Gasteiger partial charge is 0.311 e. The monoisotopic (exact) mass is 264 g/mol. The lowest BCUT2D eigenvalue weighted by Crippen LogP contribution is -2.20. The summed E-state index contributed by atoms with van der Waals surface area (Å²) in [7, 11) is 0. The second-order valence-corrected chi connectivity index (χ2v) is 5.08. The maximum absolute atomic E-state index is 5.98. The van der Waals surface area contributed by atoms with Gasteiger partial charge in [-0.05, 0) is 30.7 Å². The maximum Gasteiger partial charge on any atom is 0.0783 e. The smallest absolute Gasteiger partial charge is 0.0783 e. The van der Waals surface area contributed by atoms with Crippen LogP contribution in [0.15, 0.2) is 30.5 Å². The molecule has 4 nitrogen and oxygen atoms in total. The van der Waals surface area contributed by atoms with Crippen LogP contribution in [-0.4, -0.2) is 21.5 Å². The summed E-state index contributed by atoms with van der Waals surface area (Å²) in [6, 6.07) is 7.60. The third-order valence-corrected chi connectivity index (χ3v) is 2.77. The Morgan fingerprint density at radius 1 is 1.39 bits per heavy atom. The molecule has 0 aliphatic rings. The molecule has 1 N–H and O–H groups in total. The standard InChI is InChI=1S/C13H17ClN4/c1-10(2)7-15-8-13-9-16-17-18(13)12-5-3-4-11(14)6-12/h3-6,9-10,15H,7-8H2,1-2H3. The van der Waals surface area contributed by atoms with Gasteiger partial charge in [0.25, 0.3) is 0 Å². The second-order valence-electron chi connectivity index (χ2n) is 4.64. The molecule has 2 aromatic rings. The first-order valence-electron chi connectivity index (χ1n) is 6.03. The molecule has 96 valence electrons. The van der Waals surface area contributed by atoms with Crippen molar-refractivity contribution in [1.82, 2.24) is 20.3 Å². The van der Waals surface area contributed by atoms with Gasteiger partial charge in [-0.3, -0.25) is 0 Å². The van der Waals surface area contributed by atoms with E-state index >= 15 is 0 Å². The highest BCUT2D eigenvalue weighted by molar-refractivity contribution is 6.30. The van der Waals surface area contributed by atoms with Gasteiger partial charge in [0.1, 0.15) is 0 Å². The van der Waals surface area contributed by atoms with E-state index in [-0.39, 0.29) is 0 Å². The molecule has 1 heterocycles. The minimum absolute atomic E-state index is 0.625. The quantitative estimate of drug-likeness (QED) is 0.903. The zero-order valence-corrected chi connectivity index (χ0v) is 11.4. The van der Waals surface area contributed by atoms with Crippen LogP contribution in [0.5, 0.6) is 0 Å². The topological polar surface area (TPSA) is 42.7 Å². The molecule has 0 bridgehead atoms. The van der Waals surface area contributed by atoms with Crippen LogP contribution in [0.25, 0.3) is 5.69 Å². The fraction of sp³-hybridized carbons (Fsp3) is 0.385. The van der Waals surface area contributed by atoms with Crippen molar-refractivity contribution in [2.45, 2.75) is 20.4 Å². The van der Waals surface area contributed by atoms with E-state index in [1.165, 1.54) is 0 Å². The average molecular weight is 265 g/mol. The van der Waals surface area contributed by atoms with Crippen molar-refractivity contribution in [3.05, 3.63) is 41.2 Å². The molecule has 0 saturated carbocycles. The van der Waals surface area contributed by atoms with Crippen LogP contribution in [0.2, 0.25) is 5.02 Å². The molecular weight excluding hydrogens is 248 g/mol. The van der Waals surface area contributed by atoms with Gasteiger partial charge < -0.3 is 5.32 Å². The zero-order valence-electron chi connectivity index (χ0n) is 10.6. The van der Waals surface area contributed by atoms with Crippen molar-refractivity contribution < 1.29 is 0 Å². The number of rotatable bonds is 5. The number of nitrogens with zero attached hydrogens (tertiary/aromatic N) is 3. The summed E-state index contributed by atoms with van der Waals surface area (Å²) >= 11 is 5.98. The molecule has 0 radical (unpaired) electrons. The Hall–Kier alpha value is -1.39. The Morgan fingerprint density at radius 3 is 2.94 bits per heavy atom. The van der Waals surface area contributed by atoms with Crippen LogP contribution in [0.4, 0.5) is 0 Å². The summed E-state index contributed by atoms with van der Waals surface area (Å²) < 4.78 is 1.80. The van der Waals surface area contributed by atoms with E-state index in [0.29, 0.717) is 10.9 Å². The molecule has 0 fully saturated rings. The molecular formula is C13H17ClN4. The summed E-state index contributed by atoms with van der Waals surface area (Å²) in [5.41, 5.74) is 1.96. The average Bonchev–Trinajstić information content (AvgIpc) is 2.77. The molecule has 2 rings (SSSR count). The Balaban J connectivity index is 2.12. The van der Waals surface area contributed by atoms with Crippen LogP contribution in [0.3, 0.4) is 0 Å². The van der Waals surface area contributed by atoms with E-state index in [9.17, 15) is 0 Å². The van der Waals surface area contributed by atoms with Crippen LogP contribution < -0.4 is 5.32 Å². The maximum atomic E-state index is 5.98. The third kappa shape index (κ3) is 3.31. The number of nitrogens with one attached hydrogen (secondary N) is 1. The van der Waals surface area contributed by atoms with Gasteiger partial charge in [0.05, 0.1) is 17.6 Å². The fourth-order valence-corrected chi connectivity index (χ4v) is 1.88. The summed E-state index contributed by atoms with van der Waals surface area (Å²) in [6.07, 6.45) is 1.77. The number of hydrogen-bond acceptors (Lipinski definition) is 3. The molecule has 0 saturated heterocycles. The molecule has 0 amide bonds. The van der Waals surface area contributed by atoms with E-state index in [1.54, 1.807) is 10.9 Å². The van der Waals surface area contributed by atoms with E-state index < -0.39 is 0 Å². The molecule has 0 unspecified atom stereocenters. The van der Waals surface area contributed by atoms with Crippen LogP contribution in [0, 0.1) is 5.92 Å². The molecule has 0 atom stereocenters. The number of aromatic nitrogens is 3. The van der Waals surface area contributed by atoms with Crippen molar-refractivity contribution in [3.8, 4) is 5.69 Å². The first kappa shape index (κ1) is 13.1. The first-order valence-corrected chi connectivity index (χ1v) is 6.41. The Kier molecular flexibility index (Phi) is 4.33. The molecule has 0 aliphatic heterocycles. The molecule has 18 heavy (non-hydrogen) atoms. The summed E-state index contributed by atoms with van der Waals surface area (Å²) in [6.45, 7) is 6.08. The molecule has 0 aliphatic carbocycles. The Morgan fingerprint density at radius 2 is 2.22 bits per heavy atom. The van der Waals surface area contributed by atoms with Gasteiger partial charge in [-0.2, -0.15) is 0 Å². The lowest BCUT2D eigenvalue weighted by atomic mass is 10.2. The van der Waals surface area contributed by atoms with Crippen molar-refractivity contribution in [2.75, 3.05) is 6.54 Å². The second kappa shape index (κ2) is 5.98. The van der Waals surface area contributed by atoms with Gasteiger partial charge in [-0.25, -0.2) is 4.68 Å². The van der Waals surface area contributed by atoms with Crippen LogP contribution in [-0.2, 0) is 6.54 Å². The molecule has 5 heteroatoms. The molecule has 0 spiro atoms.